The van der Waals surface area contributed by atoms with Crippen molar-refractivity contribution in [1.82, 2.24) is 4.90 Å². The molecule has 0 saturated carbocycles. The first-order valence-electron chi connectivity index (χ1n) is 5.60. The summed E-state index contributed by atoms with van der Waals surface area (Å²) in [4.78, 5) is 13.5. The van der Waals surface area contributed by atoms with E-state index in [1.54, 1.807) is 0 Å². The van der Waals surface area contributed by atoms with Gasteiger partial charge in [0.1, 0.15) is 0 Å². The van der Waals surface area contributed by atoms with Crippen LogP contribution in [0, 0.1) is 5.41 Å². The summed E-state index contributed by atoms with van der Waals surface area (Å²) >= 11 is 0. The van der Waals surface area contributed by atoms with Crippen molar-refractivity contribution in [2.45, 2.75) is 26.4 Å². The molecule has 1 fully saturated rings. The molecule has 1 aliphatic rings. The van der Waals surface area contributed by atoms with Crippen LogP contribution in [0.5, 0.6) is 0 Å². The Morgan fingerprint density at radius 2 is 1.88 bits per heavy atom. The van der Waals surface area contributed by atoms with Crippen LogP contribution in [-0.2, 0) is 9.53 Å². The number of hydrogen-bond acceptors (Lipinski definition) is 4. The summed E-state index contributed by atoms with van der Waals surface area (Å²) in [5.74, 6) is -0.661. The van der Waals surface area contributed by atoms with Gasteiger partial charge in [0.2, 0.25) is 0 Å². The van der Waals surface area contributed by atoms with E-state index in [9.17, 15) is 9.90 Å². The fraction of sp³-hybridized carbons (Fsp3) is 0.909. The molecule has 0 bridgehead atoms. The molecule has 16 heavy (non-hydrogen) atoms. The summed E-state index contributed by atoms with van der Waals surface area (Å²) in [5.41, 5.74) is 3.26. The molecule has 0 aromatic heterocycles. The van der Waals surface area contributed by atoms with Gasteiger partial charge in [-0.15, -0.1) is 0 Å². The number of carbonyl (C=O) groups is 1. The second-order valence-corrected chi connectivity index (χ2v) is 5.36. The van der Waals surface area contributed by atoms with Crippen molar-refractivity contribution in [3.05, 3.63) is 0 Å². The minimum atomic E-state index is -1.50. The van der Waals surface area contributed by atoms with Crippen LogP contribution < -0.4 is 5.73 Å². The lowest BCUT2D eigenvalue weighted by atomic mass is 9.75. The highest BCUT2D eigenvalue weighted by atomic mass is 16.5. The van der Waals surface area contributed by atoms with Crippen molar-refractivity contribution in [3.8, 4) is 0 Å². The molecule has 94 valence electrons. The van der Waals surface area contributed by atoms with Crippen LogP contribution in [0.15, 0.2) is 0 Å². The van der Waals surface area contributed by atoms with Crippen molar-refractivity contribution in [1.29, 1.82) is 0 Å². The maximum atomic E-state index is 11.5. The molecule has 0 aliphatic carbocycles. The quantitative estimate of drug-likeness (QED) is 0.690. The van der Waals surface area contributed by atoms with Gasteiger partial charge in [-0.1, -0.05) is 20.8 Å². The predicted octanol–water partition coefficient (Wildman–Crippen LogP) is -0.419. The van der Waals surface area contributed by atoms with Crippen molar-refractivity contribution in [3.63, 3.8) is 0 Å². The number of nitrogens with zero attached hydrogens (tertiary/aromatic N) is 1. The largest absolute Gasteiger partial charge is 0.379 e. The average Bonchev–Trinajstić information content (AvgIpc) is 2.17. The number of rotatable bonds is 3. The highest BCUT2D eigenvalue weighted by Gasteiger charge is 2.46. The third kappa shape index (κ3) is 2.72. The summed E-state index contributed by atoms with van der Waals surface area (Å²) in [7, 11) is 0. The molecule has 0 aromatic rings. The second kappa shape index (κ2) is 4.69. The number of amides is 1. The molecule has 0 radical (unpaired) electrons. The molecule has 1 saturated heterocycles. The Morgan fingerprint density at radius 1 is 1.38 bits per heavy atom. The van der Waals surface area contributed by atoms with Crippen molar-refractivity contribution in [2.24, 2.45) is 11.1 Å². The Balaban J connectivity index is 2.74. The van der Waals surface area contributed by atoms with Gasteiger partial charge in [-0.05, 0) is 0 Å². The lowest BCUT2D eigenvalue weighted by Gasteiger charge is -2.41. The van der Waals surface area contributed by atoms with E-state index in [4.69, 9.17) is 10.5 Å². The summed E-state index contributed by atoms with van der Waals surface area (Å²) < 4.78 is 5.22. The Bertz CT molecular complexity index is 256. The zero-order valence-corrected chi connectivity index (χ0v) is 10.3. The first kappa shape index (κ1) is 13.4. The molecule has 5 nitrogen and oxygen atoms in total. The number of morpholine rings is 1. The molecular weight excluding hydrogens is 208 g/mol. The van der Waals surface area contributed by atoms with Crippen molar-refractivity contribution < 1.29 is 14.6 Å². The Hall–Kier alpha value is -0.650. The fourth-order valence-corrected chi connectivity index (χ4v) is 1.77. The molecule has 5 heteroatoms. The van der Waals surface area contributed by atoms with E-state index in [0.29, 0.717) is 13.2 Å². The van der Waals surface area contributed by atoms with Gasteiger partial charge in [-0.2, -0.15) is 0 Å². The molecule has 1 atom stereocenters. The van der Waals surface area contributed by atoms with Gasteiger partial charge in [0.25, 0.3) is 5.91 Å². The van der Waals surface area contributed by atoms with E-state index in [-0.39, 0.29) is 6.54 Å². The van der Waals surface area contributed by atoms with Gasteiger partial charge in [0.05, 0.1) is 13.2 Å². The Labute approximate surface area is 96.6 Å². The van der Waals surface area contributed by atoms with Gasteiger partial charge in [0, 0.05) is 25.0 Å². The number of nitrogens with two attached hydrogens (primary N) is 1. The van der Waals surface area contributed by atoms with Gasteiger partial charge >= 0.3 is 0 Å². The Kier molecular flexibility index (Phi) is 3.93. The summed E-state index contributed by atoms with van der Waals surface area (Å²) in [6, 6.07) is 0. The second-order valence-electron chi connectivity index (χ2n) is 5.36. The lowest BCUT2D eigenvalue weighted by molar-refractivity contribution is -0.154. The number of carbonyl (C=O) groups excluding carboxylic acids is 1. The first-order chi connectivity index (χ1) is 7.27. The molecule has 0 spiro atoms. The third-order valence-corrected chi connectivity index (χ3v) is 3.20. The van der Waals surface area contributed by atoms with E-state index < -0.39 is 16.9 Å². The molecule has 0 aromatic carbocycles. The number of primary amides is 1. The predicted molar refractivity (Wildman–Crippen MR) is 60.9 cm³/mol. The zero-order chi connectivity index (χ0) is 12.4. The minimum absolute atomic E-state index is 0.273. The summed E-state index contributed by atoms with van der Waals surface area (Å²) in [6.07, 6.45) is 0. The Morgan fingerprint density at radius 3 is 2.25 bits per heavy atom. The van der Waals surface area contributed by atoms with E-state index in [1.165, 1.54) is 0 Å². The highest BCUT2D eigenvalue weighted by Crippen LogP contribution is 2.31. The van der Waals surface area contributed by atoms with Crippen LogP contribution in [0.25, 0.3) is 0 Å². The maximum Gasteiger partial charge on any atom is 0.251 e. The van der Waals surface area contributed by atoms with Crippen LogP contribution >= 0.6 is 0 Å². The number of ether oxygens (including phenoxy) is 1. The topological polar surface area (TPSA) is 75.8 Å². The zero-order valence-electron chi connectivity index (χ0n) is 10.3. The molecule has 1 unspecified atom stereocenters. The van der Waals surface area contributed by atoms with E-state index in [2.05, 4.69) is 0 Å². The minimum Gasteiger partial charge on any atom is -0.379 e. The standard InChI is InChI=1S/C11H22N2O3/c1-10(2,3)11(15,9(12)14)8-13-4-6-16-7-5-13/h15H,4-8H2,1-3H3,(H2,12,14). The summed E-state index contributed by atoms with van der Waals surface area (Å²) in [6.45, 7) is 8.46. The first-order valence-corrected chi connectivity index (χ1v) is 5.60. The molecule has 1 heterocycles. The fourth-order valence-electron chi connectivity index (χ4n) is 1.77. The van der Waals surface area contributed by atoms with Gasteiger partial charge < -0.3 is 15.6 Å². The monoisotopic (exact) mass is 230 g/mol. The van der Waals surface area contributed by atoms with Crippen LogP contribution in [-0.4, -0.2) is 54.4 Å². The molecule has 3 N–H and O–H groups in total. The van der Waals surface area contributed by atoms with Gasteiger partial charge in [-0.3, -0.25) is 9.69 Å². The van der Waals surface area contributed by atoms with Crippen LogP contribution in [0.4, 0.5) is 0 Å². The smallest absolute Gasteiger partial charge is 0.251 e. The van der Waals surface area contributed by atoms with Crippen LogP contribution in [0.2, 0.25) is 0 Å². The van der Waals surface area contributed by atoms with E-state index >= 15 is 0 Å². The lowest BCUT2D eigenvalue weighted by Crippen LogP contribution is -2.61. The number of β-amino-alcohol motifs (C(OH)–C–C–N with tert-alkyl or cyclic N) is 1. The molecule has 1 aliphatic heterocycles. The van der Waals surface area contributed by atoms with Crippen molar-refractivity contribution >= 4 is 5.91 Å². The van der Waals surface area contributed by atoms with Crippen molar-refractivity contribution in [2.75, 3.05) is 32.8 Å². The molecular formula is C11H22N2O3. The number of hydrogen-bond donors (Lipinski definition) is 2. The molecule has 1 amide bonds. The highest BCUT2D eigenvalue weighted by molar-refractivity contribution is 5.84. The SMILES string of the molecule is CC(C)(C)C(O)(CN1CCOCC1)C(N)=O. The third-order valence-electron chi connectivity index (χ3n) is 3.20. The molecule has 1 rings (SSSR count). The van der Waals surface area contributed by atoms with Gasteiger partial charge in [-0.25, -0.2) is 0 Å². The van der Waals surface area contributed by atoms with Gasteiger partial charge in [0.15, 0.2) is 5.60 Å². The van der Waals surface area contributed by atoms with E-state index in [1.807, 2.05) is 25.7 Å². The maximum absolute atomic E-state index is 11.5. The van der Waals surface area contributed by atoms with E-state index in [0.717, 1.165) is 13.1 Å². The van der Waals surface area contributed by atoms with Crippen LogP contribution in [0.3, 0.4) is 0 Å². The average molecular weight is 230 g/mol. The summed E-state index contributed by atoms with van der Waals surface area (Å²) in [5, 5.41) is 10.4. The normalized spacial score (nSPS) is 22.8. The number of aliphatic hydroxyl groups is 1. The van der Waals surface area contributed by atoms with Crippen LogP contribution in [0.1, 0.15) is 20.8 Å².